The molecule has 0 fully saturated rings. The Bertz CT molecular complexity index is 2850. The van der Waals surface area contributed by atoms with Crippen LogP contribution in [-0.2, 0) is 0 Å². The predicted molar refractivity (Wildman–Crippen MR) is 194 cm³/mol. The summed E-state index contributed by atoms with van der Waals surface area (Å²) in [5.74, 6) is 1.81. The van der Waals surface area contributed by atoms with Crippen molar-refractivity contribution in [3.05, 3.63) is 152 Å². The van der Waals surface area contributed by atoms with Crippen LogP contribution in [0.25, 0.3) is 99.9 Å². The Kier molecular flexibility index (Phi) is 5.81. The summed E-state index contributed by atoms with van der Waals surface area (Å²) in [5, 5.41) is 6.54. The van der Waals surface area contributed by atoms with Crippen molar-refractivity contribution >= 4 is 54.6 Å². The molecule has 10 rings (SSSR count). The van der Waals surface area contributed by atoms with Crippen LogP contribution in [0.4, 0.5) is 0 Å². The van der Waals surface area contributed by atoms with E-state index in [4.69, 9.17) is 23.8 Å². The smallest absolute Gasteiger partial charge is 0.164 e. The van der Waals surface area contributed by atoms with Crippen LogP contribution in [0.5, 0.6) is 0 Å². The number of fused-ring (bicyclic) bond motifs is 7. The monoisotopic (exact) mass is 615 g/mol. The van der Waals surface area contributed by atoms with E-state index in [1.165, 1.54) is 5.39 Å². The minimum absolute atomic E-state index is 0.596. The third-order valence-corrected chi connectivity index (χ3v) is 9.14. The molecular weight excluding hydrogens is 590 g/mol. The summed E-state index contributed by atoms with van der Waals surface area (Å²) >= 11 is 0. The molecule has 0 saturated carbocycles. The number of aromatic nitrogens is 3. The van der Waals surface area contributed by atoms with Gasteiger partial charge < -0.3 is 8.83 Å². The maximum Gasteiger partial charge on any atom is 0.164 e. The molecule has 0 N–H and O–H groups in total. The van der Waals surface area contributed by atoms with E-state index in [9.17, 15) is 0 Å². The summed E-state index contributed by atoms with van der Waals surface area (Å²) in [5.41, 5.74) is 8.34. The van der Waals surface area contributed by atoms with Gasteiger partial charge in [-0.05, 0) is 52.2 Å². The van der Waals surface area contributed by atoms with Crippen molar-refractivity contribution in [1.82, 2.24) is 15.0 Å². The van der Waals surface area contributed by atoms with Gasteiger partial charge in [0.15, 0.2) is 17.5 Å². The lowest BCUT2D eigenvalue weighted by molar-refractivity contribution is 0.668. The molecule has 48 heavy (non-hydrogen) atoms. The van der Waals surface area contributed by atoms with Crippen molar-refractivity contribution in [2.45, 2.75) is 0 Å². The topological polar surface area (TPSA) is 65.0 Å². The molecule has 224 valence electrons. The van der Waals surface area contributed by atoms with Crippen molar-refractivity contribution in [2.75, 3.05) is 0 Å². The molecule has 3 aromatic heterocycles. The average molecular weight is 616 g/mol. The van der Waals surface area contributed by atoms with E-state index in [0.717, 1.165) is 77.1 Å². The first-order chi connectivity index (χ1) is 23.8. The molecule has 0 amide bonds. The molecular formula is C43H25N3O2. The quantitative estimate of drug-likeness (QED) is 0.197. The summed E-state index contributed by atoms with van der Waals surface area (Å²) < 4.78 is 12.4. The van der Waals surface area contributed by atoms with E-state index in [-0.39, 0.29) is 0 Å². The van der Waals surface area contributed by atoms with Gasteiger partial charge in [0, 0.05) is 38.2 Å². The Balaban J connectivity index is 1.16. The molecule has 0 aliphatic carbocycles. The second kappa shape index (κ2) is 10.5. The highest BCUT2D eigenvalue weighted by Gasteiger charge is 2.18. The second-order valence-electron chi connectivity index (χ2n) is 12.0. The van der Waals surface area contributed by atoms with Gasteiger partial charge in [-0.25, -0.2) is 15.0 Å². The van der Waals surface area contributed by atoms with Crippen molar-refractivity contribution in [2.24, 2.45) is 0 Å². The maximum atomic E-state index is 6.22. The molecule has 3 heterocycles. The summed E-state index contributed by atoms with van der Waals surface area (Å²) in [6.07, 6.45) is 0. The molecule has 0 atom stereocenters. The minimum atomic E-state index is 0.596. The van der Waals surface area contributed by atoms with Gasteiger partial charge in [-0.1, -0.05) is 121 Å². The number of hydrogen-bond acceptors (Lipinski definition) is 5. The van der Waals surface area contributed by atoms with E-state index < -0.39 is 0 Å². The first kappa shape index (κ1) is 26.6. The number of hydrogen-bond donors (Lipinski definition) is 0. The molecule has 0 saturated heterocycles. The van der Waals surface area contributed by atoms with E-state index in [0.29, 0.717) is 17.5 Å². The normalized spacial score (nSPS) is 11.8. The molecule has 5 heteroatoms. The third-order valence-electron chi connectivity index (χ3n) is 9.14. The Morgan fingerprint density at radius 2 is 0.833 bits per heavy atom. The molecule has 0 aliphatic rings. The van der Waals surface area contributed by atoms with Gasteiger partial charge in [0.05, 0.1) is 0 Å². The fraction of sp³-hybridized carbons (Fsp3) is 0. The Morgan fingerprint density at radius 1 is 0.333 bits per heavy atom. The van der Waals surface area contributed by atoms with E-state index in [1.54, 1.807) is 0 Å². The van der Waals surface area contributed by atoms with Crippen molar-refractivity contribution in [3.8, 4) is 45.3 Å². The molecule has 0 aliphatic heterocycles. The van der Waals surface area contributed by atoms with Crippen molar-refractivity contribution in [3.63, 3.8) is 0 Å². The van der Waals surface area contributed by atoms with Gasteiger partial charge >= 0.3 is 0 Å². The van der Waals surface area contributed by atoms with Gasteiger partial charge in [-0.2, -0.15) is 0 Å². The van der Waals surface area contributed by atoms with Gasteiger partial charge in [0.1, 0.15) is 22.3 Å². The molecule has 0 radical (unpaired) electrons. The maximum absolute atomic E-state index is 6.22. The van der Waals surface area contributed by atoms with Gasteiger partial charge in [-0.15, -0.1) is 0 Å². The van der Waals surface area contributed by atoms with Crippen LogP contribution in [0.2, 0.25) is 0 Å². The average Bonchev–Trinajstić information content (AvgIpc) is 3.73. The van der Waals surface area contributed by atoms with Crippen LogP contribution in [0.1, 0.15) is 0 Å². The lowest BCUT2D eigenvalue weighted by atomic mass is 9.98. The van der Waals surface area contributed by atoms with E-state index in [2.05, 4.69) is 97.1 Å². The predicted octanol–water partition coefficient (Wildman–Crippen LogP) is 11.5. The van der Waals surface area contributed by atoms with Crippen LogP contribution in [-0.4, -0.2) is 15.0 Å². The molecule has 5 nitrogen and oxygen atoms in total. The summed E-state index contributed by atoms with van der Waals surface area (Å²) in [7, 11) is 0. The van der Waals surface area contributed by atoms with Crippen LogP contribution < -0.4 is 0 Å². The van der Waals surface area contributed by atoms with Crippen LogP contribution in [0.3, 0.4) is 0 Å². The fourth-order valence-corrected chi connectivity index (χ4v) is 6.86. The van der Waals surface area contributed by atoms with Crippen LogP contribution in [0, 0.1) is 0 Å². The number of benzene rings is 7. The largest absolute Gasteiger partial charge is 0.456 e. The van der Waals surface area contributed by atoms with Crippen molar-refractivity contribution in [1.29, 1.82) is 0 Å². The Hall–Kier alpha value is -6.59. The zero-order chi connectivity index (χ0) is 31.6. The van der Waals surface area contributed by atoms with E-state index >= 15 is 0 Å². The van der Waals surface area contributed by atoms with Gasteiger partial charge in [0.25, 0.3) is 0 Å². The molecule has 0 spiro atoms. The third kappa shape index (κ3) is 4.22. The Morgan fingerprint density at radius 3 is 1.54 bits per heavy atom. The minimum Gasteiger partial charge on any atom is -0.456 e. The molecule has 0 unspecified atom stereocenters. The first-order valence-electron chi connectivity index (χ1n) is 15.9. The molecule has 10 aromatic rings. The van der Waals surface area contributed by atoms with E-state index in [1.807, 2.05) is 54.6 Å². The number of nitrogens with zero attached hydrogens (tertiary/aromatic N) is 3. The summed E-state index contributed by atoms with van der Waals surface area (Å²) in [4.78, 5) is 15.3. The lowest BCUT2D eigenvalue weighted by Gasteiger charge is -2.10. The van der Waals surface area contributed by atoms with Gasteiger partial charge in [0.2, 0.25) is 0 Å². The molecule has 0 bridgehead atoms. The van der Waals surface area contributed by atoms with Crippen LogP contribution >= 0.6 is 0 Å². The van der Waals surface area contributed by atoms with Crippen LogP contribution in [0.15, 0.2) is 160 Å². The summed E-state index contributed by atoms with van der Waals surface area (Å²) in [6, 6.07) is 51.7. The van der Waals surface area contributed by atoms with Gasteiger partial charge in [-0.3, -0.25) is 0 Å². The number of rotatable bonds is 4. The SMILES string of the molecule is c1ccc2cc(-c3nc(-c4ccc(-c5cccc6oc7ccccc7c56)cc4)nc(-c4cccc5oc6ccccc6c45)n3)ccc2c1. The fourth-order valence-electron chi connectivity index (χ4n) is 6.86. The summed E-state index contributed by atoms with van der Waals surface area (Å²) in [6.45, 7) is 0. The first-order valence-corrected chi connectivity index (χ1v) is 15.9. The zero-order valence-electron chi connectivity index (χ0n) is 25.6. The highest BCUT2D eigenvalue weighted by Crippen LogP contribution is 2.39. The lowest BCUT2D eigenvalue weighted by Crippen LogP contribution is -2.00. The highest BCUT2D eigenvalue weighted by atomic mass is 16.3. The number of furan rings is 2. The molecule has 7 aromatic carbocycles. The highest BCUT2D eigenvalue weighted by molar-refractivity contribution is 6.13. The van der Waals surface area contributed by atoms with Crippen molar-refractivity contribution < 1.29 is 8.83 Å². The second-order valence-corrected chi connectivity index (χ2v) is 12.0. The standard InChI is InChI=1S/C43H25N3O2/c1-2-10-29-25-30(24-19-26(29)9-1)42-44-41(45-43(46-42)34-14-8-18-38-40(34)33-12-4-6-16-36(33)48-38)28-22-20-27(21-23-28)31-13-7-17-37-39(31)32-11-3-5-15-35(32)47-37/h1-25H. The zero-order valence-corrected chi connectivity index (χ0v) is 25.6. The Labute approximate surface area is 274 Å². The number of para-hydroxylation sites is 2.